The lowest BCUT2D eigenvalue weighted by molar-refractivity contribution is 0.0293. The van der Waals surface area contributed by atoms with Crippen molar-refractivity contribution in [1.82, 2.24) is 24.8 Å². The average molecular weight is 415 g/mol. The Balaban J connectivity index is 1.50. The number of carbonyl (C=O) groups is 1. The standard InChI is InChI=1S/C20H23ClN6O2/c1-20(2,3)29-19(28)27-8-6-12(11-27)25-18-24-10-15(21)16(26-18)14-9-23-17-13(14)5-4-7-22-17/h4-5,7,9-10,12H,6,8,11H2,1-3H3,(H,22,23)(H,24,25,26)/t12-/m1/s1. The number of nitrogens with one attached hydrogen (secondary N) is 2. The van der Waals surface area contributed by atoms with E-state index in [0.29, 0.717) is 29.8 Å². The summed E-state index contributed by atoms with van der Waals surface area (Å²) in [7, 11) is 0. The fourth-order valence-electron chi connectivity index (χ4n) is 3.33. The molecule has 1 fully saturated rings. The van der Waals surface area contributed by atoms with Crippen molar-refractivity contribution in [3.63, 3.8) is 0 Å². The van der Waals surface area contributed by atoms with Crippen LogP contribution in [0.1, 0.15) is 27.2 Å². The second kappa shape index (κ2) is 7.51. The Labute approximate surface area is 173 Å². The number of hydrogen-bond donors (Lipinski definition) is 2. The minimum absolute atomic E-state index is 0.0428. The highest BCUT2D eigenvalue weighted by molar-refractivity contribution is 6.33. The van der Waals surface area contributed by atoms with Gasteiger partial charge in [-0.2, -0.15) is 0 Å². The molecule has 3 aromatic heterocycles. The molecule has 1 aliphatic rings. The summed E-state index contributed by atoms with van der Waals surface area (Å²) in [5.74, 6) is 0.471. The summed E-state index contributed by atoms with van der Waals surface area (Å²) < 4.78 is 5.45. The maximum Gasteiger partial charge on any atom is 0.410 e. The molecular weight excluding hydrogens is 392 g/mol. The Morgan fingerprint density at radius 2 is 2.21 bits per heavy atom. The van der Waals surface area contributed by atoms with Crippen LogP contribution in [-0.2, 0) is 4.74 Å². The average Bonchev–Trinajstić information content (AvgIpc) is 3.29. The Morgan fingerprint density at radius 3 is 3.00 bits per heavy atom. The molecule has 4 rings (SSSR count). The summed E-state index contributed by atoms with van der Waals surface area (Å²) in [5.41, 5.74) is 1.76. The molecule has 0 unspecified atom stereocenters. The minimum Gasteiger partial charge on any atom is -0.444 e. The van der Waals surface area contributed by atoms with Crippen LogP contribution in [0.3, 0.4) is 0 Å². The van der Waals surface area contributed by atoms with Crippen molar-refractivity contribution in [2.24, 2.45) is 0 Å². The smallest absolute Gasteiger partial charge is 0.410 e. The summed E-state index contributed by atoms with van der Waals surface area (Å²) in [6.07, 6.45) is 5.65. The first-order valence-corrected chi connectivity index (χ1v) is 9.87. The zero-order valence-electron chi connectivity index (χ0n) is 16.6. The van der Waals surface area contributed by atoms with E-state index in [1.165, 1.54) is 0 Å². The largest absolute Gasteiger partial charge is 0.444 e. The lowest BCUT2D eigenvalue weighted by Gasteiger charge is -2.24. The number of likely N-dealkylation sites (tertiary alicyclic amines) is 1. The third-order valence-corrected chi connectivity index (χ3v) is 4.90. The third kappa shape index (κ3) is 4.27. The van der Waals surface area contributed by atoms with Crippen molar-refractivity contribution >= 4 is 34.7 Å². The van der Waals surface area contributed by atoms with E-state index >= 15 is 0 Å². The van der Waals surface area contributed by atoms with Crippen molar-refractivity contribution in [1.29, 1.82) is 0 Å². The van der Waals surface area contributed by atoms with Gasteiger partial charge in [-0.25, -0.2) is 19.7 Å². The van der Waals surface area contributed by atoms with Crippen molar-refractivity contribution in [2.45, 2.75) is 38.8 Å². The van der Waals surface area contributed by atoms with Gasteiger partial charge >= 0.3 is 6.09 Å². The van der Waals surface area contributed by atoms with Gasteiger partial charge in [0.2, 0.25) is 5.95 Å². The zero-order valence-corrected chi connectivity index (χ0v) is 17.3. The van der Waals surface area contributed by atoms with Crippen LogP contribution in [0.5, 0.6) is 0 Å². The second-order valence-corrected chi connectivity index (χ2v) is 8.46. The summed E-state index contributed by atoms with van der Waals surface area (Å²) in [4.78, 5) is 30.3. The highest BCUT2D eigenvalue weighted by Gasteiger charge is 2.30. The summed E-state index contributed by atoms with van der Waals surface area (Å²) in [6, 6.07) is 3.88. The van der Waals surface area contributed by atoms with Crippen LogP contribution < -0.4 is 5.32 Å². The van der Waals surface area contributed by atoms with Crippen LogP contribution in [0.2, 0.25) is 5.02 Å². The first kappa shape index (κ1) is 19.4. The third-order valence-electron chi connectivity index (χ3n) is 4.62. The van der Waals surface area contributed by atoms with Gasteiger partial charge in [0.15, 0.2) is 0 Å². The summed E-state index contributed by atoms with van der Waals surface area (Å²) in [5, 5.41) is 4.71. The Bertz CT molecular complexity index is 1040. The number of carbonyl (C=O) groups excluding carboxylic acids is 1. The molecular formula is C20H23ClN6O2. The van der Waals surface area contributed by atoms with Crippen LogP contribution in [0.4, 0.5) is 10.7 Å². The molecule has 0 aliphatic carbocycles. The van der Waals surface area contributed by atoms with E-state index in [9.17, 15) is 4.79 Å². The molecule has 4 heterocycles. The maximum atomic E-state index is 12.3. The van der Waals surface area contributed by atoms with E-state index in [-0.39, 0.29) is 12.1 Å². The predicted molar refractivity (Wildman–Crippen MR) is 112 cm³/mol. The van der Waals surface area contributed by atoms with Crippen molar-refractivity contribution in [2.75, 3.05) is 18.4 Å². The molecule has 0 aromatic carbocycles. The summed E-state index contributed by atoms with van der Waals surface area (Å²) >= 11 is 6.37. The van der Waals surface area contributed by atoms with Crippen molar-refractivity contribution in [3.8, 4) is 11.3 Å². The quantitative estimate of drug-likeness (QED) is 0.670. The Kier molecular flexibility index (Phi) is 5.04. The molecule has 1 saturated heterocycles. The van der Waals surface area contributed by atoms with Crippen LogP contribution in [0.15, 0.2) is 30.7 Å². The van der Waals surface area contributed by atoms with Crippen molar-refractivity contribution in [3.05, 3.63) is 35.7 Å². The number of hydrogen-bond acceptors (Lipinski definition) is 6. The number of rotatable bonds is 3. The number of aromatic amines is 1. The molecule has 3 aromatic rings. The van der Waals surface area contributed by atoms with Gasteiger partial charge in [-0.3, -0.25) is 0 Å². The molecule has 1 aliphatic heterocycles. The second-order valence-electron chi connectivity index (χ2n) is 8.05. The van der Waals surface area contributed by atoms with E-state index in [1.54, 1.807) is 17.3 Å². The van der Waals surface area contributed by atoms with Crippen LogP contribution in [0, 0.1) is 0 Å². The van der Waals surface area contributed by atoms with Crippen LogP contribution in [0.25, 0.3) is 22.3 Å². The van der Waals surface area contributed by atoms with Gasteiger partial charge < -0.3 is 19.9 Å². The van der Waals surface area contributed by atoms with Crippen LogP contribution >= 0.6 is 11.6 Å². The first-order valence-electron chi connectivity index (χ1n) is 9.49. The monoisotopic (exact) mass is 414 g/mol. The number of halogens is 1. The van der Waals surface area contributed by atoms with Gasteiger partial charge in [-0.15, -0.1) is 0 Å². The number of ether oxygens (including phenoxy) is 1. The molecule has 0 radical (unpaired) electrons. The number of H-pyrrole nitrogens is 1. The highest BCUT2D eigenvalue weighted by atomic mass is 35.5. The normalized spacial score (nSPS) is 17.0. The number of aromatic nitrogens is 4. The highest BCUT2D eigenvalue weighted by Crippen LogP contribution is 2.31. The predicted octanol–water partition coefficient (Wildman–Crippen LogP) is 4.09. The number of amides is 1. The van der Waals surface area contributed by atoms with E-state index in [0.717, 1.165) is 23.0 Å². The summed E-state index contributed by atoms with van der Waals surface area (Å²) in [6.45, 7) is 6.74. The molecule has 152 valence electrons. The van der Waals surface area contributed by atoms with E-state index < -0.39 is 5.60 Å². The van der Waals surface area contributed by atoms with E-state index in [1.807, 2.05) is 39.1 Å². The Hall–Kier alpha value is -2.87. The lowest BCUT2D eigenvalue weighted by Crippen LogP contribution is -2.36. The maximum absolute atomic E-state index is 12.3. The topological polar surface area (TPSA) is 96.0 Å². The first-order chi connectivity index (χ1) is 13.8. The fourth-order valence-corrected chi connectivity index (χ4v) is 3.52. The molecule has 29 heavy (non-hydrogen) atoms. The molecule has 0 bridgehead atoms. The van der Waals surface area contributed by atoms with Gasteiger partial charge in [-0.1, -0.05) is 11.6 Å². The van der Waals surface area contributed by atoms with Gasteiger partial charge in [0.25, 0.3) is 0 Å². The molecule has 0 saturated carbocycles. The number of pyridine rings is 1. The molecule has 1 amide bonds. The van der Waals surface area contributed by atoms with Gasteiger partial charge in [0, 0.05) is 42.5 Å². The molecule has 2 N–H and O–H groups in total. The molecule has 0 spiro atoms. The zero-order chi connectivity index (χ0) is 20.6. The van der Waals surface area contributed by atoms with Gasteiger partial charge in [0.1, 0.15) is 11.2 Å². The molecule has 8 nitrogen and oxygen atoms in total. The van der Waals surface area contributed by atoms with E-state index in [2.05, 4.69) is 25.3 Å². The van der Waals surface area contributed by atoms with Crippen LogP contribution in [-0.4, -0.2) is 55.7 Å². The molecule has 1 atom stereocenters. The Morgan fingerprint density at radius 1 is 1.38 bits per heavy atom. The SMILES string of the molecule is CC(C)(C)OC(=O)N1CC[C@@H](Nc2ncc(Cl)c(-c3c[nH]c4ncccc34)n2)C1. The van der Waals surface area contributed by atoms with Gasteiger partial charge in [-0.05, 0) is 39.3 Å². The molecule has 9 heteroatoms. The fraction of sp³-hybridized carbons (Fsp3) is 0.400. The van der Waals surface area contributed by atoms with Gasteiger partial charge in [0.05, 0.1) is 16.9 Å². The number of nitrogens with zero attached hydrogens (tertiary/aromatic N) is 4. The number of fused-ring (bicyclic) bond motifs is 1. The van der Waals surface area contributed by atoms with Crippen molar-refractivity contribution < 1.29 is 9.53 Å². The van der Waals surface area contributed by atoms with E-state index in [4.69, 9.17) is 16.3 Å². The minimum atomic E-state index is -0.509. The lowest BCUT2D eigenvalue weighted by atomic mass is 10.1. The number of anilines is 1.